The molecule has 30 heavy (non-hydrogen) atoms. The van der Waals surface area contributed by atoms with Gasteiger partial charge in [0.25, 0.3) is 5.91 Å². The van der Waals surface area contributed by atoms with Crippen LogP contribution in [0.15, 0.2) is 53.4 Å². The van der Waals surface area contributed by atoms with Gasteiger partial charge in [0, 0.05) is 16.7 Å². The molecule has 1 saturated heterocycles. The molecule has 2 aliphatic rings. The monoisotopic (exact) mass is 423 g/mol. The van der Waals surface area contributed by atoms with E-state index in [4.69, 9.17) is 0 Å². The van der Waals surface area contributed by atoms with Crippen molar-refractivity contribution >= 4 is 35.3 Å². The molecule has 2 aromatic carbocycles. The number of urea groups is 1. The number of rotatable bonds is 3. The largest absolute Gasteiger partial charge is 0.325 e. The van der Waals surface area contributed by atoms with Crippen molar-refractivity contribution in [2.45, 2.75) is 42.9 Å². The lowest BCUT2D eigenvalue weighted by atomic mass is 9.91. The van der Waals surface area contributed by atoms with Gasteiger partial charge in [0.1, 0.15) is 12.1 Å². The highest BCUT2D eigenvalue weighted by Gasteiger charge is 2.49. The van der Waals surface area contributed by atoms with Crippen LogP contribution >= 0.6 is 11.8 Å². The van der Waals surface area contributed by atoms with Gasteiger partial charge in [-0.3, -0.25) is 14.5 Å². The maximum atomic E-state index is 13.2. The van der Waals surface area contributed by atoms with Crippen LogP contribution in [0.3, 0.4) is 0 Å². The van der Waals surface area contributed by atoms with E-state index >= 15 is 0 Å². The Labute approximate surface area is 180 Å². The molecule has 0 bridgehead atoms. The van der Waals surface area contributed by atoms with Crippen LogP contribution in [0.1, 0.15) is 31.4 Å². The van der Waals surface area contributed by atoms with E-state index in [0.717, 1.165) is 27.5 Å². The summed E-state index contributed by atoms with van der Waals surface area (Å²) in [4.78, 5) is 42.8. The smallest absolute Gasteiger partial charge is 0.319 e. The van der Waals surface area contributed by atoms with Crippen LogP contribution < -0.4 is 10.2 Å². The first-order valence-electron chi connectivity index (χ1n) is 10.1. The number of amides is 4. The van der Waals surface area contributed by atoms with Crippen LogP contribution in [0.2, 0.25) is 0 Å². The molecule has 0 aliphatic carbocycles. The minimum absolute atomic E-state index is 0.256. The molecule has 4 rings (SSSR count). The molecule has 2 heterocycles. The van der Waals surface area contributed by atoms with Crippen LogP contribution in [0, 0.1) is 6.92 Å². The highest BCUT2D eigenvalue weighted by molar-refractivity contribution is 8.00. The van der Waals surface area contributed by atoms with E-state index in [1.54, 1.807) is 23.6 Å². The van der Waals surface area contributed by atoms with Crippen LogP contribution in [0.25, 0.3) is 0 Å². The highest BCUT2D eigenvalue weighted by Crippen LogP contribution is 2.37. The number of hydrogen-bond acceptors (Lipinski definition) is 4. The van der Waals surface area contributed by atoms with Gasteiger partial charge in [-0.05, 0) is 38.0 Å². The summed E-state index contributed by atoms with van der Waals surface area (Å²) >= 11 is 1.74. The fraction of sp³-hybridized carbons (Fsp3) is 0.348. The van der Waals surface area contributed by atoms with Crippen molar-refractivity contribution in [1.82, 2.24) is 10.2 Å². The molecule has 1 fully saturated rings. The first-order chi connectivity index (χ1) is 14.3. The minimum atomic E-state index is -1.17. The zero-order valence-electron chi connectivity index (χ0n) is 17.3. The Kier molecular flexibility index (Phi) is 5.32. The topological polar surface area (TPSA) is 69.7 Å². The average molecular weight is 424 g/mol. The van der Waals surface area contributed by atoms with E-state index in [1.165, 1.54) is 0 Å². The van der Waals surface area contributed by atoms with Crippen molar-refractivity contribution in [3.05, 3.63) is 59.7 Å². The molecular formula is C23H25N3O3S. The maximum absolute atomic E-state index is 13.2. The number of imide groups is 1. The Morgan fingerprint density at radius 1 is 1.17 bits per heavy atom. The van der Waals surface area contributed by atoms with Gasteiger partial charge in [-0.1, -0.05) is 48.9 Å². The minimum Gasteiger partial charge on any atom is -0.319 e. The third-order valence-corrected chi connectivity index (χ3v) is 6.98. The normalized spacial score (nSPS) is 23.8. The predicted octanol–water partition coefficient (Wildman–Crippen LogP) is 3.68. The summed E-state index contributed by atoms with van der Waals surface area (Å²) in [7, 11) is 0. The van der Waals surface area contributed by atoms with Gasteiger partial charge in [-0.25, -0.2) is 4.79 Å². The quantitative estimate of drug-likeness (QED) is 0.765. The van der Waals surface area contributed by atoms with Gasteiger partial charge >= 0.3 is 6.03 Å². The number of carbonyl (C=O) groups is 3. The lowest BCUT2D eigenvalue weighted by Gasteiger charge is -2.25. The number of carbonyl (C=O) groups excluding carboxylic acids is 3. The molecule has 0 unspecified atom stereocenters. The Hall–Kier alpha value is -2.80. The molecule has 0 radical (unpaired) electrons. The van der Waals surface area contributed by atoms with E-state index in [0.29, 0.717) is 17.4 Å². The molecule has 2 aromatic rings. The number of benzene rings is 2. The van der Waals surface area contributed by atoms with Crippen LogP contribution in [0.5, 0.6) is 0 Å². The number of nitrogens with one attached hydrogen (secondary N) is 1. The van der Waals surface area contributed by atoms with Gasteiger partial charge in [-0.15, -0.1) is 11.8 Å². The average Bonchev–Trinajstić information content (AvgIpc) is 2.85. The third kappa shape index (κ3) is 3.58. The van der Waals surface area contributed by atoms with Crippen LogP contribution in [-0.2, 0) is 15.1 Å². The van der Waals surface area contributed by atoms with E-state index in [2.05, 4.69) is 12.2 Å². The fourth-order valence-electron chi connectivity index (χ4n) is 3.89. The van der Waals surface area contributed by atoms with Crippen molar-refractivity contribution in [3.63, 3.8) is 0 Å². The first-order valence-corrected chi connectivity index (χ1v) is 10.9. The molecule has 0 aromatic heterocycles. The van der Waals surface area contributed by atoms with Gasteiger partial charge in [0.2, 0.25) is 5.91 Å². The van der Waals surface area contributed by atoms with Gasteiger partial charge in [0.15, 0.2) is 0 Å². The molecule has 2 atom stereocenters. The zero-order chi connectivity index (χ0) is 21.5. The summed E-state index contributed by atoms with van der Waals surface area (Å²) in [5, 5.41) is 3.16. The summed E-state index contributed by atoms with van der Waals surface area (Å²) in [5.74, 6) is -0.663. The predicted molar refractivity (Wildman–Crippen MR) is 118 cm³/mol. The number of thioether (sulfide) groups is 1. The molecule has 0 spiro atoms. The lowest BCUT2D eigenvalue weighted by Crippen LogP contribution is -2.45. The van der Waals surface area contributed by atoms with Gasteiger partial charge < -0.3 is 10.2 Å². The number of anilines is 1. The summed E-state index contributed by atoms with van der Waals surface area (Å²) in [6, 6.07) is 14.7. The second kappa shape index (κ2) is 7.80. The summed E-state index contributed by atoms with van der Waals surface area (Å²) in [6.07, 6.45) is 0.840. The highest BCUT2D eigenvalue weighted by atomic mass is 32.2. The zero-order valence-corrected chi connectivity index (χ0v) is 18.2. The molecular weight excluding hydrogens is 398 g/mol. The molecule has 2 aliphatic heterocycles. The van der Waals surface area contributed by atoms with Crippen LogP contribution in [-0.4, -0.2) is 41.1 Å². The van der Waals surface area contributed by atoms with Crippen molar-refractivity contribution < 1.29 is 14.4 Å². The summed E-state index contributed by atoms with van der Waals surface area (Å²) in [6.45, 7) is 6.06. The number of fused-ring (bicyclic) bond motifs is 1. The Bertz CT molecular complexity index is 1010. The number of aryl methyl sites for hydroxylation is 1. The Morgan fingerprint density at radius 2 is 1.87 bits per heavy atom. The molecule has 156 valence electrons. The summed E-state index contributed by atoms with van der Waals surface area (Å²) < 4.78 is 0. The lowest BCUT2D eigenvalue weighted by molar-refractivity contribution is -0.134. The van der Waals surface area contributed by atoms with Crippen LogP contribution in [0.4, 0.5) is 10.5 Å². The van der Waals surface area contributed by atoms with E-state index < -0.39 is 17.5 Å². The number of nitrogens with zero attached hydrogens (tertiary/aromatic N) is 2. The molecule has 4 amide bonds. The molecule has 6 nitrogen and oxygen atoms in total. The standard InChI is InChI=1S/C23H25N3O3S/c1-15-8-10-17(11-9-15)23(3)21(28)26(22(29)24-23)14-20(27)25-13-12-16(2)30-19-7-5-4-6-18(19)25/h4-11,16H,12-14H2,1-3H3,(H,24,29)/t16-,23-/m1/s1. The third-order valence-electron chi connectivity index (χ3n) is 5.74. The SMILES string of the molecule is Cc1ccc([C@@]2(C)NC(=O)N(CC(=O)N3CC[C@@H](C)Sc4ccccc43)C2=O)cc1. The molecule has 0 saturated carbocycles. The van der Waals surface area contributed by atoms with Crippen molar-refractivity contribution in [1.29, 1.82) is 0 Å². The number of hydrogen-bond donors (Lipinski definition) is 1. The van der Waals surface area contributed by atoms with Gasteiger partial charge in [0.05, 0.1) is 5.69 Å². The second-order valence-corrected chi connectivity index (χ2v) is 9.52. The van der Waals surface area contributed by atoms with Crippen molar-refractivity contribution in [3.8, 4) is 0 Å². The second-order valence-electron chi connectivity index (χ2n) is 8.04. The maximum Gasteiger partial charge on any atom is 0.325 e. The van der Waals surface area contributed by atoms with Crippen molar-refractivity contribution in [2.24, 2.45) is 0 Å². The van der Waals surface area contributed by atoms with Gasteiger partial charge in [-0.2, -0.15) is 0 Å². The molecule has 7 heteroatoms. The fourth-order valence-corrected chi connectivity index (χ4v) is 5.00. The molecule has 1 N–H and O–H groups in total. The van der Waals surface area contributed by atoms with E-state index in [1.807, 2.05) is 55.5 Å². The van der Waals surface area contributed by atoms with E-state index in [-0.39, 0.29) is 12.5 Å². The Balaban J connectivity index is 1.57. The number of para-hydroxylation sites is 1. The Morgan fingerprint density at radius 3 is 2.60 bits per heavy atom. The first kappa shape index (κ1) is 20.5. The summed E-state index contributed by atoms with van der Waals surface area (Å²) in [5.41, 5.74) is 1.43. The van der Waals surface area contributed by atoms with Crippen molar-refractivity contribution in [2.75, 3.05) is 18.0 Å². The van der Waals surface area contributed by atoms with E-state index in [9.17, 15) is 14.4 Å².